The van der Waals surface area contributed by atoms with Crippen molar-refractivity contribution in [1.82, 2.24) is 4.90 Å². The van der Waals surface area contributed by atoms with E-state index in [2.05, 4.69) is 60.4 Å². The minimum absolute atomic E-state index is 1.08. The number of fused-ring (bicyclic) bond motifs is 2. The summed E-state index contributed by atoms with van der Waals surface area (Å²) in [6.45, 7) is 5.99. The van der Waals surface area contributed by atoms with E-state index in [9.17, 15) is 0 Å². The molecule has 2 aliphatic rings. The summed E-state index contributed by atoms with van der Waals surface area (Å²) in [4.78, 5) is 4.09. The molecule has 0 amide bonds. The number of rotatable bonds is 3. The maximum absolute atomic E-state index is 2.65. The Hall–Kier alpha value is -1.51. The lowest BCUT2D eigenvalue weighted by Crippen LogP contribution is -2.31. The highest BCUT2D eigenvalue weighted by Gasteiger charge is 2.23. The van der Waals surface area contributed by atoms with Crippen molar-refractivity contribution < 1.29 is 0 Å². The third kappa shape index (κ3) is 3.56. The molecule has 0 unspecified atom stereocenters. The van der Waals surface area contributed by atoms with Crippen LogP contribution in [0.1, 0.15) is 49.3 Å². The first-order valence-corrected chi connectivity index (χ1v) is 10.6. The van der Waals surface area contributed by atoms with E-state index in [0.29, 0.717) is 0 Å². The summed E-state index contributed by atoms with van der Waals surface area (Å²) in [5.74, 6) is 1.08. The minimum Gasteiger partial charge on any atom is -0.303 e. The molecule has 1 nitrogen and oxygen atoms in total. The first kappa shape index (κ1) is 16.9. The SMILES string of the molecule is CCCCN1CCC(=C2c3ccccc3CSc3ccccc32)CC1. The number of thioether (sulfide) groups is 1. The van der Waals surface area contributed by atoms with Crippen molar-refractivity contribution in [2.24, 2.45) is 0 Å². The van der Waals surface area contributed by atoms with E-state index in [4.69, 9.17) is 0 Å². The molecule has 2 heteroatoms. The zero-order chi connectivity index (χ0) is 17.1. The monoisotopic (exact) mass is 349 g/mol. The van der Waals surface area contributed by atoms with Crippen LogP contribution in [0.3, 0.4) is 0 Å². The fourth-order valence-electron chi connectivity index (χ4n) is 4.05. The molecule has 1 saturated heterocycles. The zero-order valence-corrected chi connectivity index (χ0v) is 15.9. The molecule has 0 spiro atoms. The Morgan fingerprint density at radius 2 is 1.64 bits per heavy atom. The maximum atomic E-state index is 2.65. The number of hydrogen-bond acceptors (Lipinski definition) is 2. The van der Waals surface area contributed by atoms with Gasteiger partial charge in [0.1, 0.15) is 0 Å². The molecule has 0 aromatic heterocycles. The minimum atomic E-state index is 1.08. The molecule has 0 atom stereocenters. The average molecular weight is 350 g/mol. The molecule has 25 heavy (non-hydrogen) atoms. The molecule has 0 radical (unpaired) electrons. The highest BCUT2D eigenvalue weighted by atomic mass is 32.2. The number of likely N-dealkylation sites (tertiary alicyclic amines) is 1. The molecular weight excluding hydrogens is 322 g/mol. The van der Waals surface area contributed by atoms with Crippen molar-refractivity contribution in [3.05, 3.63) is 70.8 Å². The van der Waals surface area contributed by atoms with Crippen LogP contribution < -0.4 is 0 Å². The third-order valence-electron chi connectivity index (χ3n) is 5.47. The van der Waals surface area contributed by atoms with Gasteiger partial charge in [-0.25, -0.2) is 0 Å². The Bertz CT molecular complexity index is 718. The van der Waals surface area contributed by atoms with Gasteiger partial charge in [0.2, 0.25) is 0 Å². The highest BCUT2D eigenvalue weighted by molar-refractivity contribution is 7.98. The molecular formula is C23H27NS. The van der Waals surface area contributed by atoms with Crippen LogP contribution in [-0.2, 0) is 5.75 Å². The van der Waals surface area contributed by atoms with Crippen LogP contribution in [0.15, 0.2) is 59.0 Å². The molecule has 130 valence electrons. The molecule has 2 heterocycles. The van der Waals surface area contributed by atoms with Gasteiger partial charge in [0, 0.05) is 23.7 Å². The predicted octanol–water partition coefficient (Wildman–Crippen LogP) is 5.99. The number of unbranched alkanes of at least 4 members (excludes halogenated alkanes) is 1. The maximum Gasteiger partial charge on any atom is 0.0238 e. The Labute approximate surface area is 156 Å². The second-order valence-corrected chi connectivity index (χ2v) is 8.13. The Morgan fingerprint density at radius 1 is 0.920 bits per heavy atom. The lowest BCUT2D eigenvalue weighted by atomic mass is 9.86. The molecule has 2 aromatic carbocycles. The normalized spacial score (nSPS) is 17.8. The summed E-state index contributed by atoms with van der Waals surface area (Å²) in [5.41, 5.74) is 7.60. The van der Waals surface area contributed by atoms with E-state index in [1.54, 1.807) is 5.57 Å². The van der Waals surface area contributed by atoms with Crippen LogP contribution in [0.5, 0.6) is 0 Å². The van der Waals surface area contributed by atoms with Crippen LogP contribution in [-0.4, -0.2) is 24.5 Å². The number of nitrogens with zero attached hydrogens (tertiary/aromatic N) is 1. The predicted molar refractivity (Wildman–Crippen MR) is 109 cm³/mol. The third-order valence-corrected chi connectivity index (χ3v) is 6.59. The molecule has 1 fully saturated rings. The molecule has 2 aromatic rings. The van der Waals surface area contributed by atoms with E-state index in [1.807, 2.05) is 11.8 Å². The average Bonchev–Trinajstić information content (AvgIpc) is 2.84. The van der Waals surface area contributed by atoms with E-state index in [-0.39, 0.29) is 0 Å². The standard InChI is InChI=1S/C23H27NS/c1-2-3-14-24-15-12-18(13-16-24)23-20-9-5-4-8-19(20)17-25-22-11-7-6-10-21(22)23/h4-11H,2-3,12-17H2,1H3. The van der Waals surface area contributed by atoms with Gasteiger partial charge in [-0.2, -0.15) is 0 Å². The van der Waals surface area contributed by atoms with Crippen molar-refractivity contribution in [1.29, 1.82) is 0 Å². The van der Waals surface area contributed by atoms with Crippen molar-refractivity contribution in [3.63, 3.8) is 0 Å². The van der Waals surface area contributed by atoms with Crippen LogP contribution in [0.4, 0.5) is 0 Å². The van der Waals surface area contributed by atoms with Crippen LogP contribution in [0.25, 0.3) is 5.57 Å². The van der Waals surface area contributed by atoms with Crippen molar-refractivity contribution in [2.45, 2.75) is 43.3 Å². The van der Waals surface area contributed by atoms with E-state index < -0.39 is 0 Å². The largest absolute Gasteiger partial charge is 0.303 e. The second kappa shape index (κ2) is 7.80. The van der Waals surface area contributed by atoms with Gasteiger partial charge in [-0.05, 0) is 54.1 Å². The molecule has 0 aliphatic carbocycles. The number of hydrogen-bond donors (Lipinski definition) is 0. The zero-order valence-electron chi connectivity index (χ0n) is 15.1. The summed E-state index contributed by atoms with van der Waals surface area (Å²) in [6.07, 6.45) is 5.05. The van der Waals surface area contributed by atoms with Gasteiger partial charge in [0.15, 0.2) is 0 Å². The Morgan fingerprint density at radius 3 is 2.44 bits per heavy atom. The first-order chi connectivity index (χ1) is 12.4. The quantitative estimate of drug-likeness (QED) is 0.669. The second-order valence-electron chi connectivity index (χ2n) is 7.12. The van der Waals surface area contributed by atoms with Gasteiger partial charge in [0.05, 0.1) is 0 Å². The first-order valence-electron chi connectivity index (χ1n) is 9.61. The van der Waals surface area contributed by atoms with Crippen molar-refractivity contribution in [2.75, 3.05) is 19.6 Å². The lowest BCUT2D eigenvalue weighted by molar-refractivity contribution is 0.253. The Balaban J connectivity index is 1.73. The molecule has 0 N–H and O–H groups in total. The summed E-state index contributed by atoms with van der Waals surface area (Å²) in [5, 5.41) is 0. The fourth-order valence-corrected chi connectivity index (χ4v) is 5.11. The topological polar surface area (TPSA) is 3.24 Å². The van der Waals surface area contributed by atoms with E-state index in [0.717, 1.165) is 5.75 Å². The lowest BCUT2D eigenvalue weighted by Gasteiger charge is -2.30. The van der Waals surface area contributed by atoms with Crippen molar-refractivity contribution in [3.8, 4) is 0 Å². The van der Waals surface area contributed by atoms with E-state index >= 15 is 0 Å². The summed E-state index contributed by atoms with van der Waals surface area (Å²) < 4.78 is 0. The summed E-state index contributed by atoms with van der Waals surface area (Å²) in [6, 6.07) is 18.0. The Kier molecular flexibility index (Phi) is 5.28. The number of benzene rings is 2. The summed E-state index contributed by atoms with van der Waals surface area (Å²) in [7, 11) is 0. The van der Waals surface area contributed by atoms with Crippen LogP contribution >= 0.6 is 11.8 Å². The summed E-state index contributed by atoms with van der Waals surface area (Å²) >= 11 is 1.99. The van der Waals surface area contributed by atoms with Crippen LogP contribution in [0.2, 0.25) is 0 Å². The molecule has 4 rings (SSSR count). The van der Waals surface area contributed by atoms with Gasteiger partial charge in [-0.1, -0.05) is 61.4 Å². The van der Waals surface area contributed by atoms with Gasteiger partial charge in [-0.3, -0.25) is 0 Å². The van der Waals surface area contributed by atoms with Gasteiger partial charge < -0.3 is 4.90 Å². The van der Waals surface area contributed by atoms with Gasteiger partial charge in [0.25, 0.3) is 0 Å². The van der Waals surface area contributed by atoms with E-state index in [1.165, 1.54) is 72.5 Å². The van der Waals surface area contributed by atoms with Gasteiger partial charge in [-0.15, -0.1) is 11.8 Å². The van der Waals surface area contributed by atoms with Gasteiger partial charge >= 0.3 is 0 Å². The molecule has 0 saturated carbocycles. The highest BCUT2D eigenvalue weighted by Crippen LogP contribution is 2.43. The molecule has 2 aliphatic heterocycles. The van der Waals surface area contributed by atoms with Crippen molar-refractivity contribution >= 4 is 17.3 Å². The smallest absolute Gasteiger partial charge is 0.0238 e. The number of piperidine rings is 1. The fraction of sp³-hybridized carbons (Fsp3) is 0.391. The van der Waals surface area contributed by atoms with Crippen LogP contribution in [0, 0.1) is 0 Å². The molecule has 0 bridgehead atoms.